The van der Waals surface area contributed by atoms with E-state index in [4.69, 9.17) is 0 Å². The Kier molecular flexibility index (Phi) is 5.96. The van der Waals surface area contributed by atoms with Crippen molar-refractivity contribution < 1.29 is 13.2 Å². The number of amides is 1. The molecule has 3 rings (SSSR count). The summed E-state index contributed by atoms with van der Waals surface area (Å²) >= 11 is 2.72. The highest BCUT2D eigenvalue weighted by Gasteiger charge is 2.27. The van der Waals surface area contributed by atoms with Crippen LogP contribution in [-0.2, 0) is 10.0 Å². The molecular weight excluding hydrogens is 392 g/mol. The zero-order valence-electron chi connectivity index (χ0n) is 14.6. The topological polar surface area (TPSA) is 92.3 Å². The van der Waals surface area contributed by atoms with Gasteiger partial charge in [-0.25, -0.2) is 8.42 Å². The molecule has 0 radical (unpaired) electrons. The fourth-order valence-corrected chi connectivity index (χ4v) is 5.48. The van der Waals surface area contributed by atoms with Crippen LogP contribution in [0.4, 0.5) is 5.13 Å². The van der Waals surface area contributed by atoms with Crippen LogP contribution >= 0.6 is 23.1 Å². The molecule has 7 nitrogen and oxygen atoms in total. The number of anilines is 1. The summed E-state index contributed by atoms with van der Waals surface area (Å²) in [6.07, 6.45) is 4.67. The first-order valence-corrected chi connectivity index (χ1v) is 11.7. The third kappa shape index (κ3) is 4.08. The number of rotatable bonds is 5. The first-order chi connectivity index (χ1) is 12.4. The van der Waals surface area contributed by atoms with Gasteiger partial charge in [0.1, 0.15) is 0 Å². The lowest BCUT2D eigenvalue weighted by molar-refractivity contribution is 0.102. The number of nitrogens with one attached hydrogen (secondary N) is 1. The maximum absolute atomic E-state index is 12.8. The Balaban J connectivity index is 1.86. The number of hydrogen-bond acceptors (Lipinski definition) is 7. The number of sulfonamides is 1. The van der Waals surface area contributed by atoms with Crippen molar-refractivity contribution in [3.8, 4) is 0 Å². The van der Waals surface area contributed by atoms with Crippen molar-refractivity contribution in [3.63, 3.8) is 0 Å². The molecule has 1 fully saturated rings. The molecule has 2 aromatic rings. The van der Waals surface area contributed by atoms with E-state index in [2.05, 4.69) is 15.5 Å². The lowest BCUT2D eigenvalue weighted by atomic mass is 10.1. The zero-order chi connectivity index (χ0) is 18.7. The number of thioether (sulfide) groups is 1. The third-order valence-corrected chi connectivity index (χ3v) is 7.92. The van der Waals surface area contributed by atoms with E-state index in [0.717, 1.165) is 23.6 Å². The predicted molar refractivity (Wildman–Crippen MR) is 103 cm³/mol. The molecule has 0 unspecified atom stereocenters. The van der Waals surface area contributed by atoms with Crippen molar-refractivity contribution >= 4 is 44.2 Å². The number of nitrogens with zero attached hydrogens (tertiary/aromatic N) is 3. The van der Waals surface area contributed by atoms with Crippen LogP contribution in [0, 0.1) is 6.92 Å². The number of hydrogen-bond donors (Lipinski definition) is 1. The van der Waals surface area contributed by atoms with Crippen molar-refractivity contribution in [3.05, 3.63) is 29.3 Å². The summed E-state index contributed by atoms with van der Waals surface area (Å²) < 4.78 is 27.9. The van der Waals surface area contributed by atoms with Crippen LogP contribution in [0.2, 0.25) is 0 Å². The summed E-state index contributed by atoms with van der Waals surface area (Å²) in [7, 11) is -3.58. The number of piperidine rings is 1. The van der Waals surface area contributed by atoms with Crippen LogP contribution in [0.15, 0.2) is 27.4 Å². The Labute approximate surface area is 161 Å². The summed E-state index contributed by atoms with van der Waals surface area (Å²) in [5.41, 5.74) is 1.03. The molecule has 1 aromatic heterocycles. The smallest absolute Gasteiger partial charge is 0.257 e. The van der Waals surface area contributed by atoms with E-state index in [9.17, 15) is 13.2 Å². The van der Waals surface area contributed by atoms with Gasteiger partial charge in [0.2, 0.25) is 15.2 Å². The van der Waals surface area contributed by atoms with Crippen LogP contribution in [0.1, 0.15) is 35.2 Å². The van der Waals surface area contributed by atoms with E-state index in [1.165, 1.54) is 33.5 Å². The molecule has 1 aromatic carbocycles. The van der Waals surface area contributed by atoms with Gasteiger partial charge in [-0.3, -0.25) is 10.1 Å². The normalized spacial score (nSPS) is 15.8. The Morgan fingerprint density at radius 1 is 1.23 bits per heavy atom. The molecule has 0 atom stereocenters. The highest BCUT2D eigenvalue weighted by atomic mass is 32.2. The molecule has 0 aliphatic carbocycles. The van der Waals surface area contributed by atoms with Crippen LogP contribution in [-0.4, -0.2) is 48.2 Å². The Morgan fingerprint density at radius 3 is 2.62 bits per heavy atom. The first-order valence-electron chi connectivity index (χ1n) is 8.21. The van der Waals surface area contributed by atoms with Crippen LogP contribution < -0.4 is 5.32 Å². The van der Waals surface area contributed by atoms with E-state index in [1.54, 1.807) is 19.1 Å². The molecule has 10 heteroatoms. The van der Waals surface area contributed by atoms with Gasteiger partial charge in [-0.15, -0.1) is 10.2 Å². The average Bonchev–Trinajstić information content (AvgIpc) is 3.10. The van der Waals surface area contributed by atoms with Crippen LogP contribution in [0.3, 0.4) is 0 Å². The summed E-state index contributed by atoms with van der Waals surface area (Å²) in [5.74, 6) is -0.387. The predicted octanol–water partition coefficient (Wildman–Crippen LogP) is 3.00. The fraction of sp³-hybridized carbons (Fsp3) is 0.438. The summed E-state index contributed by atoms with van der Waals surface area (Å²) in [4.78, 5) is 12.8. The van der Waals surface area contributed by atoms with Crippen molar-refractivity contribution in [1.29, 1.82) is 0 Å². The molecular formula is C16H20N4O3S3. The lowest BCUT2D eigenvalue weighted by Crippen LogP contribution is -2.35. The summed E-state index contributed by atoms with van der Waals surface area (Å²) in [6, 6.07) is 4.68. The molecule has 0 saturated carbocycles. The molecule has 2 heterocycles. The molecule has 140 valence electrons. The van der Waals surface area contributed by atoms with E-state index >= 15 is 0 Å². The zero-order valence-corrected chi connectivity index (χ0v) is 17.0. The van der Waals surface area contributed by atoms with Gasteiger partial charge in [0, 0.05) is 18.7 Å². The molecule has 0 bridgehead atoms. The molecule has 1 N–H and O–H groups in total. The van der Waals surface area contributed by atoms with Gasteiger partial charge in [0.25, 0.3) is 5.91 Å². The van der Waals surface area contributed by atoms with Crippen molar-refractivity contribution in [2.24, 2.45) is 0 Å². The van der Waals surface area contributed by atoms with Crippen LogP contribution in [0.25, 0.3) is 0 Å². The van der Waals surface area contributed by atoms with Gasteiger partial charge in [-0.05, 0) is 43.7 Å². The summed E-state index contributed by atoms with van der Waals surface area (Å²) in [5, 5.41) is 10.9. The minimum atomic E-state index is -3.58. The van der Waals surface area contributed by atoms with Gasteiger partial charge in [-0.2, -0.15) is 4.31 Å². The lowest BCUT2D eigenvalue weighted by Gasteiger charge is -2.26. The second kappa shape index (κ2) is 8.03. The van der Waals surface area contributed by atoms with Crippen molar-refractivity contribution in [2.75, 3.05) is 24.7 Å². The number of benzene rings is 1. The average molecular weight is 413 g/mol. The third-order valence-electron chi connectivity index (χ3n) is 4.21. The van der Waals surface area contributed by atoms with Gasteiger partial charge in [0.05, 0.1) is 4.90 Å². The monoisotopic (exact) mass is 412 g/mol. The second-order valence-electron chi connectivity index (χ2n) is 5.97. The Morgan fingerprint density at radius 2 is 1.96 bits per heavy atom. The maximum Gasteiger partial charge on any atom is 0.257 e. The quantitative estimate of drug-likeness (QED) is 0.599. The fourth-order valence-electron chi connectivity index (χ4n) is 2.77. The standard InChI is InChI=1S/C16H20N4O3S3/c1-11-6-7-12(26(22,23)20-8-4-3-5-9-20)10-13(11)14(21)17-15-18-19-16(24-2)25-15/h6-7,10H,3-5,8-9H2,1-2H3,(H,17,18,21). The molecule has 0 spiro atoms. The maximum atomic E-state index is 12.8. The van der Waals surface area contributed by atoms with Crippen molar-refractivity contribution in [2.45, 2.75) is 35.4 Å². The molecule has 1 aliphatic heterocycles. The summed E-state index contributed by atoms with van der Waals surface area (Å²) in [6.45, 7) is 2.83. The largest absolute Gasteiger partial charge is 0.296 e. The van der Waals surface area contributed by atoms with Crippen molar-refractivity contribution in [1.82, 2.24) is 14.5 Å². The van der Waals surface area contributed by atoms with E-state index in [0.29, 0.717) is 29.3 Å². The minimum Gasteiger partial charge on any atom is -0.296 e. The number of aromatic nitrogens is 2. The molecule has 1 aliphatic rings. The Hall–Kier alpha value is -1.49. The highest BCUT2D eigenvalue weighted by Crippen LogP contribution is 2.26. The van der Waals surface area contributed by atoms with E-state index in [-0.39, 0.29) is 10.8 Å². The minimum absolute atomic E-state index is 0.150. The molecule has 1 amide bonds. The van der Waals surface area contributed by atoms with Gasteiger partial charge >= 0.3 is 0 Å². The van der Waals surface area contributed by atoms with E-state index < -0.39 is 10.0 Å². The van der Waals surface area contributed by atoms with Gasteiger partial charge < -0.3 is 0 Å². The molecule has 1 saturated heterocycles. The van der Waals surface area contributed by atoms with E-state index in [1.807, 2.05) is 6.26 Å². The Bertz CT molecular complexity index is 905. The number of aryl methyl sites for hydroxylation is 1. The second-order valence-corrected chi connectivity index (χ2v) is 9.94. The molecule has 26 heavy (non-hydrogen) atoms. The van der Waals surface area contributed by atoms with Gasteiger partial charge in [-0.1, -0.05) is 35.6 Å². The number of carbonyl (C=O) groups is 1. The van der Waals surface area contributed by atoms with Gasteiger partial charge in [0.15, 0.2) is 4.34 Å². The highest BCUT2D eigenvalue weighted by molar-refractivity contribution is 8.00. The SMILES string of the molecule is CSc1nnc(NC(=O)c2cc(S(=O)(=O)N3CCCCC3)ccc2C)s1. The first kappa shape index (κ1) is 19.3. The van der Waals surface area contributed by atoms with Crippen LogP contribution in [0.5, 0.6) is 0 Å². The number of carbonyl (C=O) groups excluding carboxylic acids is 1.